The molecular weight excluding hydrogens is 1070 g/mol. The summed E-state index contributed by atoms with van der Waals surface area (Å²) in [6.45, 7) is 5.45. The number of aliphatic hydroxyl groups excluding tert-OH is 13. The van der Waals surface area contributed by atoms with E-state index in [1.807, 2.05) is 0 Å². The third kappa shape index (κ3) is 26.4. The minimum absolute atomic E-state index is 0.00271. The molecule has 0 saturated carbocycles. The molecule has 484 valence electrons. The summed E-state index contributed by atoms with van der Waals surface area (Å²) in [6, 6.07) is -1.63. The van der Waals surface area contributed by atoms with Gasteiger partial charge in [0.25, 0.3) is 5.91 Å². The lowest BCUT2D eigenvalue weighted by molar-refractivity contribution is -0.386. The number of nitrogens with one attached hydrogen (secondary N) is 1. The zero-order chi connectivity index (χ0) is 60.6. The highest BCUT2D eigenvalue weighted by Gasteiger charge is 2.54. The third-order valence-corrected chi connectivity index (χ3v) is 16.6. The van der Waals surface area contributed by atoms with E-state index in [4.69, 9.17) is 28.4 Å². The fourth-order valence-corrected chi connectivity index (χ4v) is 11.1. The van der Waals surface area contributed by atoms with Crippen LogP contribution in [-0.4, -0.2) is 220 Å². The summed E-state index contributed by atoms with van der Waals surface area (Å²) >= 11 is 0. The Bertz CT molecular complexity index is 1640. The molecule has 3 aliphatic rings. The molecule has 14 N–H and O–H groups in total. The van der Waals surface area contributed by atoms with Crippen molar-refractivity contribution in [3.05, 3.63) is 0 Å². The lowest BCUT2D eigenvalue weighted by Crippen LogP contribution is -2.67. The van der Waals surface area contributed by atoms with E-state index in [9.17, 15) is 76.0 Å². The van der Waals surface area contributed by atoms with Crippen molar-refractivity contribution in [1.82, 2.24) is 5.32 Å². The fourth-order valence-electron chi connectivity index (χ4n) is 11.1. The number of carbonyl (C=O) groups excluding carboxylic acids is 2. The topological polar surface area (TPSA) is 365 Å². The number of hydrogen-bond donors (Lipinski definition) is 14. The molecule has 0 aromatic heterocycles. The molecule has 0 spiro atoms. The number of ketones is 1. The number of amides is 1. The average Bonchev–Trinajstić information content (AvgIpc) is 3.64. The maximum Gasteiger partial charge on any atom is 0.257 e. The first-order valence-electron chi connectivity index (χ1n) is 31.7. The van der Waals surface area contributed by atoms with Crippen molar-refractivity contribution in [1.29, 1.82) is 0 Å². The first-order chi connectivity index (χ1) is 39.3. The first-order valence-corrected chi connectivity index (χ1v) is 31.7. The van der Waals surface area contributed by atoms with Crippen LogP contribution in [-0.2, 0) is 38.0 Å². The van der Waals surface area contributed by atoms with E-state index in [1.165, 1.54) is 110 Å². The molecule has 3 saturated heterocycles. The van der Waals surface area contributed by atoms with Crippen LogP contribution in [0, 0.1) is 5.92 Å². The summed E-state index contributed by atoms with van der Waals surface area (Å²) in [6.07, 6.45) is -2.56. The van der Waals surface area contributed by atoms with Crippen molar-refractivity contribution < 1.29 is 104 Å². The number of ether oxygens (including phenoxy) is 6. The second kappa shape index (κ2) is 42.3. The summed E-state index contributed by atoms with van der Waals surface area (Å²) in [5, 5.41) is 143. The number of unbranched alkanes of at least 4 members (excludes halogenated alkanes) is 25. The van der Waals surface area contributed by atoms with E-state index >= 15 is 0 Å². The average molecular weight is 1180 g/mol. The summed E-state index contributed by atoms with van der Waals surface area (Å²) in [4.78, 5) is 26.9. The Balaban J connectivity index is 1.66. The number of hydrogen-bond acceptors (Lipinski definition) is 21. The van der Waals surface area contributed by atoms with Crippen molar-refractivity contribution in [3.8, 4) is 0 Å². The molecule has 0 bridgehead atoms. The molecule has 0 unspecified atom stereocenters. The van der Waals surface area contributed by atoms with Gasteiger partial charge in [-0.3, -0.25) is 9.59 Å². The predicted molar refractivity (Wildman–Crippen MR) is 304 cm³/mol. The van der Waals surface area contributed by atoms with Crippen LogP contribution in [0.5, 0.6) is 0 Å². The number of rotatable bonds is 46. The van der Waals surface area contributed by atoms with E-state index in [0.29, 0.717) is 18.8 Å². The predicted octanol–water partition coefficient (Wildman–Crippen LogP) is 3.36. The molecule has 1 amide bonds. The summed E-state index contributed by atoms with van der Waals surface area (Å²) in [5.41, 5.74) is 0. The highest BCUT2D eigenvalue weighted by Crippen LogP contribution is 2.34. The van der Waals surface area contributed by atoms with Gasteiger partial charge in [0.05, 0.1) is 38.1 Å². The molecule has 82 heavy (non-hydrogen) atoms. The van der Waals surface area contributed by atoms with Crippen molar-refractivity contribution in [3.63, 3.8) is 0 Å². The Labute approximate surface area is 488 Å². The summed E-state index contributed by atoms with van der Waals surface area (Å²) in [5.74, 6) is -1.80. The quantitative estimate of drug-likeness (QED) is 0.0307. The smallest absolute Gasteiger partial charge is 0.257 e. The molecule has 3 rings (SSSR count). The largest absolute Gasteiger partial charge is 0.394 e. The van der Waals surface area contributed by atoms with E-state index in [2.05, 4.69) is 26.1 Å². The van der Waals surface area contributed by atoms with Crippen LogP contribution in [0.4, 0.5) is 0 Å². The summed E-state index contributed by atoms with van der Waals surface area (Å²) < 4.78 is 34.9. The lowest BCUT2D eigenvalue weighted by atomic mass is 9.96. The molecule has 0 aliphatic carbocycles. The van der Waals surface area contributed by atoms with Crippen LogP contribution in [0.25, 0.3) is 0 Å². The van der Waals surface area contributed by atoms with Crippen LogP contribution < -0.4 is 5.32 Å². The van der Waals surface area contributed by atoms with E-state index in [-0.39, 0.29) is 12.8 Å². The zero-order valence-corrected chi connectivity index (χ0v) is 50.0. The van der Waals surface area contributed by atoms with Gasteiger partial charge in [0.1, 0.15) is 79.4 Å². The molecule has 0 aromatic rings. The molecule has 3 fully saturated rings. The summed E-state index contributed by atoms with van der Waals surface area (Å²) in [7, 11) is 0. The van der Waals surface area contributed by atoms with Crippen LogP contribution in [0.3, 0.4) is 0 Å². The fraction of sp³-hybridized carbons (Fsp3) is 0.967. The Hall–Kier alpha value is -1.62. The standard InChI is InChI=1S/C60H113NO21/c1-5-6-7-8-9-10-11-12-13-14-15-16-17-18-21-25-28-31-34-42(65)47(68)51(72)57(76)61-40(46(67)41(64)33-30-27-24-22-19-20-23-26-29-32-38(2)3)37-77-58-54(75)56(82-59-52(73)49(70)45(66)39(4)78-59)55(44(36-63)80-58)81-60-53(74)50(71)48(69)43(35-62)79-60/h38-46,48-56,58-60,62-67,69-75H,5-37H2,1-4H3,(H,61,76)/t39-,40+,41-,42-,43-,44-,45+,46+,48+,49+,50+,51-,52-,53-,54-,55-,56-,58-,59-,60+/m1/s1. The van der Waals surface area contributed by atoms with Gasteiger partial charge < -0.3 is 100 Å². The highest BCUT2D eigenvalue weighted by molar-refractivity contribution is 6.05. The molecular formula is C60H113NO21. The van der Waals surface area contributed by atoms with Crippen molar-refractivity contribution in [2.24, 2.45) is 5.92 Å². The number of aliphatic hydroxyl groups is 13. The van der Waals surface area contributed by atoms with Gasteiger partial charge in [0.15, 0.2) is 30.8 Å². The Morgan fingerprint density at radius 1 is 0.476 bits per heavy atom. The second-order valence-corrected chi connectivity index (χ2v) is 24.1. The Morgan fingerprint density at radius 2 is 0.890 bits per heavy atom. The zero-order valence-electron chi connectivity index (χ0n) is 50.0. The maximum atomic E-state index is 13.6. The molecule has 0 radical (unpaired) electrons. The normalized spacial score (nSPS) is 30.7. The van der Waals surface area contributed by atoms with Gasteiger partial charge in [-0.1, -0.05) is 201 Å². The lowest BCUT2D eigenvalue weighted by Gasteiger charge is -2.49. The first kappa shape index (κ1) is 74.6. The van der Waals surface area contributed by atoms with Gasteiger partial charge in [0, 0.05) is 0 Å². The number of Topliss-reactive ketones (excluding diaryl/α,β-unsaturated/α-hetero) is 1. The van der Waals surface area contributed by atoms with Gasteiger partial charge in [-0.05, 0) is 25.7 Å². The minimum Gasteiger partial charge on any atom is -0.394 e. The Morgan fingerprint density at radius 3 is 1.37 bits per heavy atom. The second-order valence-electron chi connectivity index (χ2n) is 24.1. The van der Waals surface area contributed by atoms with Crippen LogP contribution in [0.15, 0.2) is 0 Å². The molecule has 22 heteroatoms. The molecule has 22 nitrogen and oxygen atoms in total. The van der Waals surface area contributed by atoms with Gasteiger partial charge in [-0.25, -0.2) is 0 Å². The Kier molecular flexibility index (Phi) is 38.5. The van der Waals surface area contributed by atoms with Gasteiger partial charge in [-0.15, -0.1) is 0 Å². The highest BCUT2D eigenvalue weighted by atomic mass is 16.8. The molecule has 3 aliphatic heterocycles. The van der Waals surface area contributed by atoms with Crippen LogP contribution in [0.2, 0.25) is 0 Å². The maximum absolute atomic E-state index is 13.6. The SMILES string of the molecule is CCCCCCCCCCCCCCCCCCCC[C@@H](O)C(=O)[C@@H](O)C(=O)N[C@@H](CO[C@@H]1O[C@H](CO)[C@@H](O[C@@H]2O[C@H](CO)[C@H](O)[C@H](O)[C@H]2O)[C@H](O[C@H]2O[C@H](C)[C@H](O)[C@H](O)[C@H]2O)[C@H]1O)[C@H](O)[C@H](O)CCCCCCCCCCCC(C)C. The van der Waals surface area contributed by atoms with Gasteiger partial charge in [0.2, 0.25) is 0 Å². The van der Waals surface area contributed by atoms with E-state index in [0.717, 1.165) is 64.2 Å². The van der Waals surface area contributed by atoms with Gasteiger partial charge in [-0.2, -0.15) is 0 Å². The van der Waals surface area contributed by atoms with Crippen molar-refractivity contribution in [2.75, 3.05) is 19.8 Å². The van der Waals surface area contributed by atoms with Crippen LogP contribution >= 0.6 is 0 Å². The van der Waals surface area contributed by atoms with Crippen molar-refractivity contribution in [2.45, 2.75) is 343 Å². The van der Waals surface area contributed by atoms with Crippen molar-refractivity contribution >= 4 is 11.7 Å². The molecule has 20 atom stereocenters. The minimum atomic E-state index is -2.39. The molecule has 3 heterocycles. The monoisotopic (exact) mass is 1180 g/mol. The third-order valence-electron chi connectivity index (χ3n) is 16.6. The van der Waals surface area contributed by atoms with E-state index < -0.39 is 154 Å². The van der Waals surface area contributed by atoms with Crippen LogP contribution in [0.1, 0.15) is 220 Å². The van der Waals surface area contributed by atoms with Gasteiger partial charge >= 0.3 is 0 Å². The van der Waals surface area contributed by atoms with E-state index in [1.54, 1.807) is 0 Å². The molecule has 0 aromatic carbocycles. The number of carbonyl (C=O) groups is 2.